The van der Waals surface area contributed by atoms with Crippen LogP contribution in [0, 0.1) is 0 Å². The molecule has 8 heteroatoms. The third-order valence-corrected chi connectivity index (χ3v) is 4.58. The Bertz CT molecular complexity index is 663. The molecule has 1 saturated heterocycles. The van der Waals surface area contributed by atoms with Gasteiger partial charge in [-0.3, -0.25) is 14.6 Å². The van der Waals surface area contributed by atoms with Gasteiger partial charge in [0.1, 0.15) is 0 Å². The first-order chi connectivity index (χ1) is 13.0. The molecule has 2 rings (SSSR count). The molecule has 28 heavy (non-hydrogen) atoms. The van der Waals surface area contributed by atoms with Crippen LogP contribution >= 0.6 is 24.0 Å². The fourth-order valence-corrected chi connectivity index (χ4v) is 3.06. The van der Waals surface area contributed by atoms with Crippen molar-refractivity contribution in [3.8, 4) is 0 Å². The van der Waals surface area contributed by atoms with Crippen molar-refractivity contribution < 1.29 is 9.59 Å². The molecule has 0 aliphatic carbocycles. The summed E-state index contributed by atoms with van der Waals surface area (Å²) in [4.78, 5) is 29.6. The van der Waals surface area contributed by atoms with E-state index >= 15 is 0 Å². The van der Waals surface area contributed by atoms with Crippen molar-refractivity contribution >= 4 is 47.4 Å². The average Bonchev–Trinajstić information content (AvgIpc) is 3.14. The topological polar surface area (TPSA) is 85.8 Å². The van der Waals surface area contributed by atoms with Crippen LogP contribution in [-0.2, 0) is 16.1 Å². The Balaban J connectivity index is 0.00000392. The zero-order valence-corrected chi connectivity index (χ0v) is 19.3. The molecular weight excluding hydrogens is 469 g/mol. The SMILES string of the molecule is CCCC(=O)Nc1ccc(CNC(=NC)NC2CCN(C(=O)CC)C2)cc1.I. The van der Waals surface area contributed by atoms with Crippen LogP contribution in [0.1, 0.15) is 45.1 Å². The second-order valence-corrected chi connectivity index (χ2v) is 6.74. The molecule has 1 unspecified atom stereocenters. The summed E-state index contributed by atoms with van der Waals surface area (Å²) in [6, 6.07) is 8.01. The number of likely N-dealkylation sites (tertiary alicyclic amines) is 1. The summed E-state index contributed by atoms with van der Waals surface area (Å²) < 4.78 is 0. The van der Waals surface area contributed by atoms with Crippen LogP contribution in [0.25, 0.3) is 0 Å². The molecule has 1 aromatic carbocycles. The molecule has 0 spiro atoms. The van der Waals surface area contributed by atoms with Gasteiger partial charge in [-0.25, -0.2) is 0 Å². The molecule has 3 N–H and O–H groups in total. The maximum atomic E-state index is 11.8. The summed E-state index contributed by atoms with van der Waals surface area (Å²) in [5, 5.41) is 9.57. The van der Waals surface area contributed by atoms with Crippen LogP contribution in [0.15, 0.2) is 29.3 Å². The first-order valence-electron chi connectivity index (χ1n) is 9.69. The summed E-state index contributed by atoms with van der Waals surface area (Å²) in [5.74, 6) is 0.972. The maximum absolute atomic E-state index is 11.8. The van der Waals surface area contributed by atoms with Crippen molar-refractivity contribution in [3.63, 3.8) is 0 Å². The van der Waals surface area contributed by atoms with Crippen LogP contribution in [0.3, 0.4) is 0 Å². The van der Waals surface area contributed by atoms with E-state index in [2.05, 4.69) is 20.9 Å². The lowest BCUT2D eigenvalue weighted by atomic mass is 10.2. The van der Waals surface area contributed by atoms with Crippen LogP contribution in [0.5, 0.6) is 0 Å². The summed E-state index contributed by atoms with van der Waals surface area (Å²) >= 11 is 0. The van der Waals surface area contributed by atoms with Crippen molar-refractivity contribution in [1.29, 1.82) is 0 Å². The predicted octanol–water partition coefficient (Wildman–Crippen LogP) is 2.72. The van der Waals surface area contributed by atoms with Gasteiger partial charge in [0.25, 0.3) is 0 Å². The molecule has 1 fully saturated rings. The molecule has 2 amide bonds. The number of hydrogen-bond donors (Lipinski definition) is 3. The molecule has 7 nitrogen and oxygen atoms in total. The fraction of sp³-hybridized carbons (Fsp3) is 0.550. The minimum absolute atomic E-state index is 0. The fourth-order valence-electron chi connectivity index (χ4n) is 3.06. The van der Waals surface area contributed by atoms with E-state index in [4.69, 9.17) is 0 Å². The Hall–Kier alpha value is -1.84. The van der Waals surface area contributed by atoms with Crippen molar-refractivity contribution in [2.24, 2.45) is 4.99 Å². The van der Waals surface area contributed by atoms with E-state index in [0.29, 0.717) is 19.4 Å². The molecule has 1 heterocycles. The van der Waals surface area contributed by atoms with Crippen LogP contribution in [-0.4, -0.2) is 48.9 Å². The molecule has 156 valence electrons. The molecule has 0 bridgehead atoms. The van der Waals surface area contributed by atoms with Crippen molar-refractivity contribution in [3.05, 3.63) is 29.8 Å². The van der Waals surface area contributed by atoms with Crippen molar-refractivity contribution in [2.45, 2.75) is 52.1 Å². The maximum Gasteiger partial charge on any atom is 0.224 e. The minimum Gasteiger partial charge on any atom is -0.352 e. The van der Waals surface area contributed by atoms with Gasteiger partial charge in [-0.15, -0.1) is 24.0 Å². The van der Waals surface area contributed by atoms with Crippen LogP contribution < -0.4 is 16.0 Å². The van der Waals surface area contributed by atoms with E-state index < -0.39 is 0 Å². The number of benzene rings is 1. The van der Waals surface area contributed by atoms with Gasteiger partial charge in [0, 0.05) is 51.3 Å². The minimum atomic E-state index is 0. The summed E-state index contributed by atoms with van der Waals surface area (Å²) in [6.07, 6.45) is 2.85. The van der Waals surface area contributed by atoms with E-state index in [1.54, 1.807) is 7.05 Å². The lowest BCUT2D eigenvalue weighted by molar-refractivity contribution is -0.129. The lowest BCUT2D eigenvalue weighted by Gasteiger charge is -2.18. The largest absolute Gasteiger partial charge is 0.352 e. The number of nitrogens with one attached hydrogen (secondary N) is 3. The Kier molecular flexibility index (Phi) is 10.9. The molecule has 0 aromatic heterocycles. The molecule has 1 aliphatic rings. The van der Waals surface area contributed by atoms with E-state index in [1.165, 1.54) is 0 Å². The Morgan fingerprint density at radius 2 is 1.93 bits per heavy atom. The second-order valence-electron chi connectivity index (χ2n) is 6.74. The normalized spacial score (nSPS) is 16.3. The predicted molar refractivity (Wildman–Crippen MR) is 124 cm³/mol. The quantitative estimate of drug-likeness (QED) is 0.305. The highest BCUT2D eigenvalue weighted by Gasteiger charge is 2.25. The highest BCUT2D eigenvalue weighted by atomic mass is 127. The van der Waals surface area contributed by atoms with Crippen LogP contribution in [0.4, 0.5) is 5.69 Å². The van der Waals surface area contributed by atoms with E-state index in [1.807, 2.05) is 43.0 Å². The molecular formula is C20H32IN5O2. The number of rotatable bonds is 7. The highest BCUT2D eigenvalue weighted by Crippen LogP contribution is 2.11. The number of aliphatic imine (C=N–C) groups is 1. The first kappa shape index (κ1) is 24.2. The number of amides is 2. The molecule has 1 aliphatic heterocycles. The number of guanidine groups is 1. The van der Waals surface area contributed by atoms with Gasteiger partial charge in [-0.1, -0.05) is 26.0 Å². The summed E-state index contributed by atoms with van der Waals surface area (Å²) in [7, 11) is 1.74. The lowest BCUT2D eigenvalue weighted by Crippen LogP contribution is -2.44. The number of hydrogen-bond acceptors (Lipinski definition) is 3. The standard InChI is InChI=1S/C20H31N5O2.HI/c1-4-6-18(26)23-16-9-7-15(8-10-16)13-22-20(21-3)24-17-11-12-25(14-17)19(27)5-2;/h7-10,17H,4-6,11-14H2,1-3H3,(H,23,26)(H2,21,22,24);1H. The van der Waals surface area contributed by atoms with Gasteiger partial charge in [0.2, 0.25) is 11.8 Å². The third-order valence-electron chi connectivity index (χ3n) is 4.58. The average molecular weight is 501 g/mol. The molecule has 1 atom stereocenters. The van der Waals surface area contributed by atoms with Gasteiger partial charge in [0.15, 0.2) is 5.96 Å². The highest BCUT2D eigenvalue weighted by molar-refractivity contribution is 14.0. The van der Waals surface area contributed by atoms with Gasteiger partial charge >= 0.3 is 0 Å². The number of nitrogens with zero attached hydrogens (tertiary/aromatic N) is 2. The Morgan fingerprint density at radius 1 is 1.21 bits per heavy atom. The van der Waals surface area contributed by atoms with E-state index in [0.717, 1.165) is 43.1 Å². The number of carbonyl (C=O) groups excluding carboxylic acids is 2. The third kappa shape index (κ3) is 7.65. The zero-order chi connectivity index (χ0) is 19.6. The smallest absolute Gasteiger partial charge is 0.224 e. The zero-order valence-electron chi connectivity index (χ0n) is 17.0. The van der Waals surface area contributed by atoms with Crippen molar-refractivity contribution in [1.82, 2.24) is 15.5 Å². The summed E-state index contributed by atoms with van der Waals surface area (Å²) in [5.41, 5.74) is 1.91. The van der Waals surface area contributed by atoms with Gasteiger partial charge in [-0.2, -0.15) is 0 Å². The molecule has 0 radical (unpaired) electrons. The Morgan fingerprint density at radius 3 is 2.54 bits per heavy atom. The van der Waals surface area contributed by atoms with Gasteiger partial charge < -0.3 is 20.9 Å². The van der Waals surface area contributed by atoms with Crippen molar-refractivity contribution in [2.75, 3.05) is 25.5 Å². The summed E-state index contributed by atoms with van der Waals surface area (Å²) in [6.45, 7) is 6.03. The van der Waals surface area contributed by atoms with E-state index in [-0.39, 0.29) is 41.8 Å². The number of carbonyl (C=O) groups is 2. The van der Waals surface area contributed by atoms with Gasteiger partial charge in [-0.05, 0) is 30.5 Å². The molecule has 0 saturated carbocycles. The Labute approximate surface area is 184 Å². The first-order valence-corrected chi connectivity index (χ1v) is 9.69. The monoisotopic (exact) mass is 501 g/mol. The number of halogens is 1. The second kappa shape index (κ2) is 12.6. The van der Waals surface area contributed by atoms with Crippen LogP contribution in [0.2, 0.25) is 0 Å². The van der Waals surface area contributed by atoms with E-state index in [9.17, 15) is 9.59 Å². The molecule has 1 aromatic rings. The van der Waals surface area contributed by atoms with Gasteiger partial charge in [0.05, 0.1) is 0 Å². The number of anilines is 1.